The monoisotopic (exact) mass is 522 g/mol. The van der Waals surface area contributed by atoms with Crippen molar-refractivity contribution in [1.29, 1.82) is 0 Å². The first-order valence-electron chi connectivity index (χ1n) is 11.1. The number of aromatic hydroxyl groups is 1. The van der Waals surface area contributed by atoms with Crippen LogP contribution in [0.25, 0.3) is 10.9 Å². The van der Waals surface area contributed by atoms with E-state index in [9.17, 15) is 28.4 Å². The Kier molecular flexibility index (Phi) is 7.32. The zero-order valence-corrected chi connectivity index (χ0v) is 20.4. The van der Waals surface area contributed by atoms with E-state index in [-0.39, 0.29) is 28.6 Å². The fraction of sp³-hybridized carbons (Fsp3) is 0.120. The Balaban J connectivity index is 1.76. The number of carbonyl (C=O) groups is 1. The van der Waals surface area contributed by atoms with Crippen LogP contribution in [-0.4, -0.2) is 48.3 Å². The zero-order valence-electron chi connectivity index (χ0n) is 19.5. The first-order valence-corrected chi connectivity index (χ1v) is 12.6. The van der Waals surface area contributed by atoms with Gasteiger partial charge in [-0.2, -0.15) is 4.72 Å². The molecule has 0 fully saturated rings. The van der Waals surface area contributed by atoms with E-state index in [1.165, 1.54) is 42.5 Å². The molecule has 0 radical (unpaired) electrons. The van der Waals surface area contributed by atoms with Crippen molar-refractivity contribution in [3.05, 3.63) is 94.0 Å². The van der Waals surface area contributed by atoms with Crippen LogP contribution in [0.1, 0.15) is 18.1 Å². The van der Waals surface area contributed by atoms with Gasteiger partial charge in [-0.1, -0.05) is 30.3 Å². The largest absolute Gasteiger partial charge is 0.494 e. The molecule has 37 heavy (non-hydrogen) atoms. The minimum atomic E-state index is -3.97. The van der Waals surface area contributed by atoms with Gasteiger partial charge in [-0.3, -0.25) is 14.9 Å². The number of esters is 1. The van der Waals surface area contributed by atoms with Crippen LogP contribution in [0.4, 0.5) is 11.4 Å². The van der Waals surface area contributed by atoms with Crippen LogP contribution in [0.3, 0.4) is 0 Å². The summed E-state index contributed by atoms with van der Waals surface area (Å²) in [4.78, 5) is 29.7. The first kappa shape index (κ1) is 25.5. The normalized spacial score (nSPS) is 12.0. The van der Waals surface area contributed by atoms with Crippen LogP contribution in [0.2, 0.25) is 0 Å². The second-order valence-corrected chi connectivity index (χ2v) is 9.55. The third-order valence-corrected chi connectivity index (χ3v) is 6.77. The summed E-state index contributed by atoms with van der Waals surface area (Å²) in [6, 6.07) is 18.7. The van der Waals surface area contributed by atoms with E-state index in [1.54, 1.807) is 31.2 Å². The van der Waals surface area contributed by atoms with Crippen LogP contribution in [-0.2, 0) is 19.6 Å². The maximum Gasteiger partial charge on any atom is 0.321 e. The van der Waals surface area contributed by atoms with Crippen molar-refractivity contribution in [3.63, 3.8) is 0 Å². The van der Waals surface area contributed by atoms with Gasteiger partial charge in [0.2, 0.25) is 10.0 Å². The van der Waals surface area contributed by atoms with Crippen LogP contribution in [0.15, 0.2) is 82.7 Å². The molecule has 0 bridgehead atoms. The maximum atomic E-state index is 12.5. The molecule has 11 nitrogen and oxygen atoms in total. The molecule has 0 atom stereocenters. The van der Waals surface area contributed by atoms with Gasteiger partial charge >= 0.3 is 5.97 Å². The number of nitrogens with one attached hydrogen (secondary N) is 2. The highest BCUT2D eigenvalue weighted by atomic mass is 32.2. The van der Waals surface area contributed by atoms with Gasteiger partial charge in [-0.05, 0) is 37.3 Å². The van der Waals surface area contributed by atoms with Gasteiger partial charge in [0.05, 0.1) is 33.4 Å². The summed E-state index contributed by atoms with van der Waals surface area (Å²) in [6.45, 7) is 1.25. The lowest BCUT2D eigenvalue weighted by atomic mass is 10.0. The average Bonchev–Trinajstić information content (AvgIpc) is 3.21. The molecule has 4 aromatic rings. The molecule has 1 aromatic heterocycles. The lowest BCUT2D eigenvalue weighted by Crippen LogP contribution is -2.30. The number of nitrogens with zero attached hydrogens (tertiary/aromatic N) is 2. The van der Waals surface area contributed by atoms with Crippen molar-refractivity contribution in [2.75, 3.05) is 13.2 Å². The standard InChI is InChI=1S/C25H22N4O7S/c1-2-36-22(30)15-26-37(34,35)19-11-8-17(9-12-19)27-24(16-6-4-3-5-7-16)23-20-14-18(29(32)33)10-13-21(20)28-25(23)31/h3-14,26,28,31H,2,15H2,1H3. The molecule has 0 unspecified atom stereocenters. The highest BCUT2D eigenvalue weighted by molar-refractivity contribution is 7.89. The van der Waals surface area contributed by atoms with Crippen molar-refractivity contribution in [1.82, 2.24) is 9.71 Å². The number of ether oxygens (including phenoxy) is 1. The summed E-state index contributed by atoms with van der Waals surface area (Å²) >= 11 is 0. The number of aliphatic imine (C=N–C) groups is 1. The molecule has 0 aliphatic carbocycles. The molecule has 190 valence electrons. The van der Waals surface area contributed by atoms with E-state index in [0.29, 0.717) is 27.9 Å². The minimum absolute atomic E-state index is 0.0809. The van der Waals surface area contributed by atoms with Gasteiger partial charge in [0.25, 0.3) is 5.69 Å². The second kappa shape index (κ2) is 10.6. The number of hydrogen-bond acceptors (Lipinski definition) is 8. The van der Waals surface area contributed by atoms with E-state index in [1.807, 2.05) is 6.07 Å². The SMILES string of the molecule is CCOC(=O)CNS(=O)(=O)c1ccc(N=C(c2ccccc2)c2c(O)[nH]c3ccc([N+](=O)[O-])cc23)cc1. The van der Waals surface area contributed by atoms with Crippen LogP contribution in [0.5, 0.6) is 5.88 Å². The van der Waals surface area contributed by atoms with Crippen molar-refractivity contribution >= 4 is 44.0 Å². The Labute approximate surface area is 211 Å². The third kappa shape index (κ3) is 5.66. The summed E-state index contributed by atoms with van der Waals surface area (Å²) in [5.41, 5.74) is 1.90. The molecule has 1 heterocycles. The molecule has 3 aromatic carbocycles. The Morgan fingerprint density at radius 3 is 2.46 bits per heavy atom. The van der Waals surface area contributed by atoms with Crippen molar-refractivity contribution in [3.8, 4) is 5.88 Å². The summed E-state index contributed by atoms with van der Waals surface area (Å²) in [7, 11) is -3.97. The number of benzene rings is 3. The van der Waals surface area contributed by atoms with E-state index >= 15 is 0 Å². The molecule has 3 N–H and O–H groups in total. The predicted octanol–water partition coefficient (Wildman–Crippen LogP) is 3.79. The van der Waals surface area contributed by atoms with Crippen molar-refractivity contribution in [2.24, 2.45) is 4.99 Å². The number of non-ortho nitro benzene ring substituents is 1. The Morgan fingerprint density at radius 2 is 1.81 bits per heavy atom. The molecule has 0 aliphatic heterocycles. The van der Waals surface area contributed by atoms with Gasteiger partial charge in [0, 0.05) is 28.6 Å². The second-order valence-electron chi connectivity index (χ2n) is 7.79. The van der Waals surface area contributed by atoms with Crippen LogP contribution in [0, 0.1) is 10.1 Å². The van der Waals surface area contributed by atoms with E-state index in [0.717, 1.165) is 0 Å². The molecule has 0 saturated heterocycles. The lowest BCUT2D eigenvalue weighted by Gasteiger charge is -2.09. The van der Waals surface area contributed by atoms with E-state index in [4.69, 9.17) is 4.74 Å². The van der Waals surface area contributed by atoms with Crippen LogP contribution >= 0.6 is 0 Å². The quantitative estimate of drug-likeness (QED) is 0.130. The van der Waals surface area contributed by atoms with Gasteiger partial charge in [0.1, 0.15) is 6.54 Å². The number of H-pyrrole nitrogens is 1. The molecular formula is C25H22N4O7S. The fourth-order valence-electron chi connectivity index (χ4n) is 3.66. The van der Waals surface area contributed by atoms with E-state index < -0.39 is 27.5 Å². The van der Waals surface area contributed by atoms with E-state index in [2.05, 4.69) is 14.7 Å². The predicted molar refractivity (Wildman–Crippen MR) is 137 cm³/mol. The van der Waals surface area contributed by atoms with Gasteiger partial charge in [-0.25, -0.2) is 13.4 Å². The molecule has 0 spiro atoms. The molecule has 0 amide bonds. The molecule has 0 aliphatic rings. The number of sulfonamides is 1. The topological polar surface area (TPSA) is 164 Å². The molecule has 12 heteroatoms. The number of fused-ring (bicyclic) bond motifs is 1. The first-order chi connectivity index (χ1) is 17.7. The summed E-state index contributed by atoms with van der Waals surface area (Å²) in [5.74, 6) is -0.918. The van der Waals surface area contributed by atoms with Gasteiger partial charge in [-0.15, -0.1) is 0 Å². The summed E-state index contributed by atoms with van der Waals surface area (Å²) in [6.07, 6.45) is 0. The van der Waals surface area contributed by atoms with Gasteiger partial charge < -0.3 is 14.8 Å². The Hall–Kier alpha value is -4.55. The maximum absolute atomic E-state index is 12.5. The Bertz CT molecular complexity index is 1600. The van der Waals surface area contributed by atoms with Crippen LogP contribution < -0.4 is 4.72 Å². The number of nitro groups is 1. The lowest BCUT2D eigenvalue weighted by molar-refractivity contribution is -0.384. The molecule has 4 rings (SSSR count). The Morgan fingerprint density at radius 1 is 1.11 bits per heavy atom. The summed E-state index contributed by atoms with van der Waals surface area (Å²) in [5, 5.41) is 22.5. The fourth-order valence-corrected chi connectivity index (χ4v) is 4.63. The van der Waals surface area contributed by atoms with Crippen molar-refractivity contribution in [2.45, 2.75) is 11.8 Å². The number of aromatic amines is 1. The van der Waals surface area contributed by atoms with Crippen molar-refractivity contribution < 1.29 is 28.0 Å². The third-order valence-electron chi connectivity index (χ3n) is 5.36. The average molecular weight is 523 g/mol. The zero-order chi connectivity index (χ0) is 26.6. The smallest absolute Gasteiger partial charge is 0.321 e. The van der Waals surface area contributed by atoms with Gasteiger partial charge in [0.15, 0.2) is 5.88 Å². The number of hydrogen-bond donors (Lipinski definition) is 3. The highest BCUT2D eigenvalue weighted by Crippen LogP contribution is 2.33. The number of aromatic nitrogens is 1. The summed E-state index contributed by atoms with van der Waals surface area (Å²) < 4.78 is 31.9. The number of rotatable bonds is 9. The number of nitro benzene ring substituents is 1. The highest BCUT2D eigenvalue weighted by Gasteiger charge is 2.21. The molecule has 0 saturated carbocycles. The minimum Gasteiger partial charge on any atom is -0.494 e. The number of carbonyl (C=O) groups excluding carboxylic acids is 1. The molecular weight excluding hydrogens is 500 g/mol.